The molecule has 1 aliphatic heterocycles. The van der Waals surface area contributed by atoms with E-state index >= 15 is 0 Å². The molecular weight excluding hydrogens is 224 g/mol. The van der Waals surface area contributed by atoms with Crippen LogP contribution in [0.1, 0.15) is 43.4 Å². The van der Waals surface area contributed by atoms with Gasteiger partial charge in [0.25, 0.3) is 0 Å². The monoisotopic (exact) mass is 246 g/mol. The van der Waals surface area contributed by atoms with Gasteiger partial charge in [0, 0.05) is 6.04 Å². The molecule has 2 unspecified atom stereocenters. The van der Waals surface area contributed by atoms with Gasteiger partial charge in [-0.05, 0) is 42.2 Å². The summed E-state index contributed by atoms with van der Waals surface area (Å²) in [6.07, 6.45) is 4.76. The van der Waals surface area contributed by atoms with E-state index in [1.807, 2.05) is 0 Å². The lowest BCUT2D eigenvalue weighted by atomic mass is 9.88. The first-order valence-corrected chi connectivity index (χ1v) is 6.88. The van der Waals surface area contributed by atoms with E-state index in [0.717, 1.165) is 19.4 Å². The fourth-order valence-corrected chi connectivity index (χ4v) is 2.99. The SMILES string of the molecule is CC1(C(CC2OCCc3ccccc32)NN)CC1. The number of nitrogens with one attached hydrogen (secondary N) is 1. The number of nitrogens with two attached hydrogens (primary N) is 1. The number of ether oxygens (including phenoxy) is 1. The summed E-state index contributed by atoms with van der Waals surface area (Å²) in [4.78, 5) is 0. The van der Waals surface area contributed by atoms with E-state index in [1.54, 1.807) is 0 Å². The molecule has 0 spiro atoms. The first-order chi connectivity index (χ1) is 8.73. The molecule has 0 saturated heterocycles. The third-order valence-electron chi connectivity index (χ3n) is 4.62. The molecule has 2 aliphatic rings. The molecule has 1 heterocycles. The highest BCUT2D eigenvalue weighted by Gasteiger charge is 2.45. The Morgan fingerprint density at radius 3 is 2.94 bits per heavy atom. The minimum atomic E-state index is 0.202. The lowest BCUT2D eigenvalue weighted by Crippen LogP contribution is -2.42. The fraction of sp³-hybridized carbons (Fsp3) is 0.600. The number of fused-ring (bicyclic) bond motifs is 1. The Bertz CT molecular complexity index is 428. The Labute approximate surface area is 109 Å². The largest absolute Gasteiger partial charge is 0.373 e. The van der Waals surface area contributed by atoms with Gasteiger partial charge >= 0.3 is 0 Å². The Morgan fingerprint density at radius 1 is 1.44 bits per heavy atom. The maximum Gasteiger partial charge on any atom is 0.0843 e. The zero-order chi connectivity index (χ0) is 12.6. The van der Waals surface area contributed by atoms with Crippen molar-refractivity contribution in [1.82, 2.24) is 5.43 Å². The first kappa shape index (κ1) is 12.2. The topological polar surface area (TPSA) is 47.3 Å². The molecule has 3 N–H and O–H groups in total. The van der Waals surface area contributed by atoms with Crippen LogP contribution in [-0.2, 0) is 11.2 Å². The Balaban J connectivity index is 1.77. The highest BCUT2D eigenvalue weighted by Crippen LogP contribution is 2.50. The van der Waals surface area contributed by atoms with E-state index in [1.165, 1.54) is 24.0 Å². The second kappa shape index (κ2) is 4.65. The van der Waals surface area contributed by atoms with Crippen molar-refractivity contribution >= 4 is 0 Å². The third-order valence-corrected chi connectivity index (χ3v) is 4.62. The van der Waals surface area contributed by atoms with Crippen LogP contribution in [0.3, 0.4) is 0 Å². The van der Waals surface area contributed by atoms with E-state index in [2.05, 4.69) is 36.6 Å². The average Bonchev–Trinajstić information content (AvgIpc) is 3.15. The molecule has 2 atom stereocenters. The number of hydrogen-bond acceptors (Lipinski definition) is 3. The van der Waals surface area contributed by atoms with Crippen molar-refractivity contribution in [2.45, 2.75) is 44.8 Å². The first-order valence-electron chi connectivity index (χ1n) is 6.88. The van der Waals surface area contributed by atoms with Crippen molar-refractivity contribution in [2.24, 2.45) is 11.3 Å². The van der Waals surface area contributed by atoms with Gasteiger partial charge in [0.05, 0.1) is 12.7 Å². The number of hydrogen-bond donors (Lipinski definition) is 2. The van der Waals surface area contributed by atoms with Crippen molar-refractivity contribution in [2.75, 3.05) is 6.61 Å². The van der Waals surface area contributed by atoms with Gasteiger partial charge in [0.15, 0.2) is 0 Å². The molecule has 1 fully saturated rings. The summed E-state index contributed by atoms with van der Waals surface area (Å²) in [5, 5.41) is 0. The second-order valence-corrected chi connectivity index (χ2v) is 5.92. The molecule has 1 aliphatic carbocycles. The number of benzene rings is 1. The Morgan fingerprint density at radius 2 is 2.22 bits per heavy atom. The summed E-state index contributed by atoms with van der Waals surface area (Å²) in [5.74, 6) is 5.73. The number of hydrazine groups is 1. The van der Waals surface area contributed by atoms with Crippen molar-refractivity contribution in [3.8, 4) is 0 Å². The molecule has 0 radical (unpaired) electrons. The lowest BCUT2D eigenvalue weighted by Gasteiger charge is -2.31. The normalized spacial score (nSPS) is 26.4. The highest BCUT2D eigenvalue weighted by atomic mass is 16.5. The van der Waals surface area contributed by atoms with Gasteiger partial charge in [-0.25, -0.2) is 0 Å². The van der Waals surface area contributed by atoms with Gasteiger partial charge < -0.3 is 4.74 Å². The number of rotatable bonds is 4. The fourth-order valence-electron chi connectivity index (χ4n) is 2.99. The van der Waals surface area contributed by atoms with E-state index in [4.69, 9.17) is 10.6 Å². The van der Waals surface area contributed by atoms with Crippen molar-refractivity contribution in [3.63, 3.8) is 0 Å². The van der Waals surface area contributed by atoms with Crippen LogP contribution in [0, 0.1) is 5.41 Å². The molecule has 1 saturated carbocycles. The van der Waals surface area contributed by atoms with Gasteiger partial charge in [0.2, 0.25) is 0 Å². The minimum absolute atomic E-state index is 0.202. The summed E-state index contributed by atoms with van der Waals surface area (Å²) >= 11 is 0. The third kappa shape index (κ3) is 2.18. The molecule has 1 aromatic rings. The van der Waals surface area contributed by atoms with Gasteiger partial charge in [-0.3, -0.25) is 11.3 Å². The standard InChI is InChI=1S/C15H22N2O/c1-15(7-8-15)14(17-16)10-13-12-5-3-2-4-11(12)6-9-18-13/h2-5,13-14,17H,6-10,16H2,1H3. The van der Waals surface area contributed by atoms with E-state index < -0.39 is 0 Å². The molecule has 3 nitrogen and oxygen atoms in total. The van der Waals surface area contributed by atoms with Gasteiger partial charge in [-0.1, -0.05) is 31.2 Å². The molecular formula is C15H22N2O. The maximum atomic E-state index is 5.96. The highest BCUT2D eigenvalue weighted by molar-refractivity contribution is 5.31. The Hall–Kier alpha value is -0.900. The van der Waals surface area contributed by atoms with Crippen LogP contribution < -0.4 is 11.3 Å². The van der Waals surface area contributed by atoms with Crippen molar-refractivity contribution < 1.29 is 4.74 Å². The van der Waals surface area contributed by atoms with Crippen LogP contribution >= 0.6 is 0 Å². The van der Waals surface area contributed by atoms with Crippen LogP contribution in [0.2, 0.25) is 0 Å². The maximum absolute atomic E-state index is 5.96. The average molecular weight is 246 g/mol. The summed E-state index contributed by atoms with van der Waals surface area (Å²) in [6.45, 7) is 3.14. The van der Waals surface area contributed by atoms with Crippen LogP contribution in [0.5, 0.6) is 0 Å². The molecule has 0 aromatic heterocycles. The van der Waals surface area contributed by atoms with E-state index in [-0.39, 0.29) is 6.10 Å². The molecule has 3 heteroatoms. The molecule has 0 amide bonds. The van der Waals surface area contributed by atoms with Crippen LogP contribution in [-0.4, -0.2) is 12.6 Å². The molecule has 0 bridgehead atoms. The lowest BCUT2D eigenvalue weighted by molar-refractivity contribution is 0.0236. The molecule has 98 valence electrons. The van der Waals surface area contributed by atoms with Gasteiger partial charge in [-0.15, -0.1) is 0 Å². The molecule has 3 rings (SSSR count). The van der Waals surface area contributed by atoms with E-state index in [9.17, 15) is 0 Å². The summed E-state index contributed by atoms with van der Waals surface area (Å²) in [7, 11) is 0. The van der Waals surface area contributed by atoms with Crippen LogP contribution in [0.25, 0.3) is 0 Å². The smallest absolute Gasteiger partial charge is 0.0843 e. The minimum Gasteiger partial charge on any atom is -0.373 e. The summed E-state index contributed by atoms with van der Waals surface area (Å²) < 4.78 is 5.96. The molecule has 1 aromatic carbocycles. The quantitative estimate of drug-likeness (QED) is 0.633. The predicted octanol–water partition coefficient (Wildman–Crippen LogP) is 2.32. The van der Waals surface area contributed by atoms with Crippen molar-refractivity contribution in [1.29, 1.82) is 0 Å². The van der Waals surface area contributed by atoms with Crippen LogP contribution in [0.15, 0.2) is 24.3 Å². The zero-order valence-electron chi connectivity index (χ0n) is 11.0. The Kier molecular flexibility index (Phi) is 3.14. The van der Waals surface area contributed by atoms with Gasteiger partial charge in [-0.2, -0.15) is 0 Å². The zero-order valence-corrected chi connectivity index (χ0v) is 11.0. The second-order valence-electron chi connectivity index (χ2n) is 5.92. The molecule has 18 heavy (non-hydrogen) atoms. The van der Waals surface area contributed by atoms with E-state index in [0.29, 0.717) is 11.5 Å². The summed E-state index contributed by atoms with van der Waals surface area (Å²) in [6, 6.07) is 8.98. The van der Waals surface area contributed by atoms with Crippen molar-refractivity contribution in [3.05, 3.63) is 35.4 Å². The van der Waals surface area contributed by atoms with Gasteiger partial charge in [0.1, 0.15) is 0 Å². The van der Waals surface area contributed by atoms with Crippen LogP contribution in [0.4, 0.5) is 0 Å². The summed E-state index contributed by atoms with van der Waals surface area (Å²) in [5.41, 5.74) is 6.17. The predicted molar refractivity (Wildman–Crippen MR) is 71.9 cm³/mol.